The lowest BCUT2D eigenvalue weighted by atomic mass is 10.1. The molecule has 0 bridgehead atoms. The number of benzene rings is 2. The quantitative estimate of drug-likeness (QED) is 0.704. The molecule has 4 nitrogen and oxygen atoms in total. The highest BCUT2D eigenvalue weighted by atomic mass is 35.5. The zero-order valence-electron chi connectivity index (χ0n) is 14.3. The first-order valence-corrected chi connectivity index (χ1v) is 8.95. The number of nitrogens with zero attached hydrogens (tertiary/aromatic N) is 2. The van der Waals surface area contributed by atoms with Crippen molar-refractivity contribution >= 4 is 29.0 Å². The fraction of sp³-hybridized carbons (Fsp3) is 0.143. The topological polar surface area (TPSA) is 45.2 Å². The number of aromatic nitrogens is 1. The SMILES string of the molecule is CCc1ccccc1NC1c2ccccc2C(=O)N1c1ccc(Cl)cn1. The second-order valence-electron chi connectivity index (χ2n) is 6.15. The highest BCUT2D eigenvalue weighted by Gasteiger charge is 2.38. The van der Waals surface area contributed by atoms with Crippen molar-refractivity contribution in [1.29, 1.82) is 0 Å². The van der Waals surface area contributed by atoms with Crippen LogP contribution in [0.5, 0.6) is 0 Å². The molecule has 1 N–H and O–H groups in total. The van der Waals surface area contributed by atoms with Gasteiger partial charge in [-0.15, -0.1) is 0 Å². The fourth-order valence-electron chi connectivity index (χ4n) is 3.32. The average molecular weight is 364 g/mol. The lowest BCUT2D eigenvalue weighted by Gasteiger charge is -2.27. The normalized spacial score (nSPS) is 15.8. The molecule has 2 heterocycles. The molecule has 1 aliphatic heterocycles. The summed E-state index contributed by atoms with van der Waals surface area (Å²) >= 11 is 5.97. The molecule has 3 aromatic rings. The Hall–Kier alpha value is -2.85. The standard InChI is InChI=1S/C21H18ClN3O/c1-2-14-7-3-6-10-18(14)24-20-16-8-4-5-9-17(16)21(26)25(20)19-12-11-15(22)13-23-19/h3-13,20,24H,2H2,1H3. The van der Waals surface area contributed by atoms with Crippen molar-refractivity contribution in [3.63, 3.8) is 0 Å². The highest BCUT2D eigenvalue weighted by molar-refractivity contribution is 6.30. The van der Waals surface area contributed by atoms with Crippen LogP contribution in [0.15, 0.2) is 66.9 Å². The summed E-state index contributed by atoms with van der Waals surface area (Å²) < 4.78 is 0. The van der Waals surface area contributed by atoms with Crippen LogP contribution >= 0.6 is 11.6 Å². The maximum absolute atomic E-state index is 13.1. The van der Waals surface area contributed by atoms with Crippen molar-refractivity contribution in [3.05, 3.63) is 88.6 Å². The number of carbonyl (C=O) groups excluding carboxylic acids is 1. The summed E-state index contributed by atoms with van der Waals surface area (Å²) in [5, 5.41) is 4.08. The summed E-state index contributed by atoms with van der Waals surface area (Å²) in [4.78, 5) is 19.1. The molecule has 0 saturated carbocycles. The summed E-state index contributed by atoms with van der Waals surface area (Å²) in [6.07, 6.45) is 2.15. The van der Waals surface area contributed by atoms with Crippen LogP contribution in [0.3, 0.4) is 0 Å². The Morgan fingerprint density at radius 3 is 2.62 bits per heavy atom. The second kappa shape index (κ2) is 6.81. The zero-order chi connectivity index (χ0) is 18.1. The molecule has 0 saturated heterocycles. The van der Waals surface area contributed by atoms with Gasteiger partial charge in [0.2, 0.25) is 0 Å². The lowest BCUT2D eigenvalue weighted by molar-refractivity contribution is 0.0992. The molecule has 1 amide bonds. The van der Waals surface area contributed by atoms with E-state index in [1.807, 2.05) is 42.5 Å². The van der Waals surface area contributed by atoms with Crippen molar-refractivity contribution < 1.29 is 4.79 Å². The Kier molecular flexibility index (Phi) is 4.35. The minimum absolute atomic E-state index is 0.0677. The molecule has 2 aromatic carbocycles. The molecule has 130 valence electrons. The van der Waals surface area contributed by atoms with E-state index in [2.05, 4.69) is 23.3 Å². The predicted octanol–water partition coefficient (Wildman–Crippen LogP) is 5.07. The van der Waals surface area contributed by atoms with Crippen molar-refractivity contribution in [1.82, 2.24) is 4.98 Å². The summed E-state index contributed by atoms with van der Waals surface area (Å²) in [5.41, 5.74) is 3.85. The van der Waals surface area contributed by atoms with E-state index >= 15 is 0 Å². The van der Waals surface area contributed by atoms with Crippen LogP contribution in [0.25, 0.3) is 0 Å². The van der Waals surface area contributed by atoms with Gasteiger partial charge < -0.3 is 5.32 Å². The smallest absolute Gasteiger partial charge is 0.261 e. The van der Waals surface area contributed by atoms with Crippen LogP contribution in [0, 0.1) is 0 Å². The third kappa shape index (κ3) is 2.82. The van der Waals surface area contributed by atoms with Crippen LogP contribution in [-0.2, 0) is 6.42 Å². The van der Waals surface area contributed by atoms with Crippen molar-refractivity contribution in [3.8, 4) is 0 Å². The van der Waals surface area contributed by atoms with Crippen LogP contribution in [0.4, 0.5) is 11.5 Å². The van der Waals surface area contributed by atoms with Gasteiger partial charge in [-0.1, -0.05) is 54.9 Å². The maximum Gasteiger partial charge on any atom is 0.261 e. The van der Waals surface area contributed by atoms with E-state index in [0.717, 1.165) is 17.7 Å². The number of pyridine rings is 1. The number of carbonyl (C=O) groups is 1. The summed E-state index contributed by atoms with van der Waals surface area (Å²) in [5.74, 6) is 0.504. The Balaban J connectivity index is 1.79. The van der Waals surface area contributed by atoms with E-state index in [4.69, 9.17) is 11.6 Å². The molecule has 1 aromatic heterocycles. The average Bonchev–Trinajstić information content (AvgIpc) is 2.95. The van der Waals surface area contributed by atoms with Gasteiger partial charge >= 0.3 is 0 Å². The minimum Gasteiger partial charge on any atom is -0.361 e. The van der Waals surface area contributed by atoms with Gasteiger partial charge in [0.15, 0.2) is 0 Å². The van der Waals surface area contributed by atoms with E-state index in [-0.39, 0.29) is 12.1 Å². The van der Waals surface area contributed by atoms with Crippen molar-refractivity contribution in [2.24, 2.45) is 0 Å². The molecular formula is C21H18ClN3O. The van der Waals surface area contributed by atoms with Gasteiger partial charge in [0.1, 0.15) is 12.0 Å². The first-order chi connectivity index (χ1) is 12.7. The number of rotatable bonds is 4. The number of nitrogens with one attached hydrogen (secondary N) is 1. The molecule has 0 radical (unpaired) electrons. The van der Waals surface area contributed by atoms with Crippen molar-refractivity contribution in [2.75, 3.05) is 10.2 Å². The van der Waals surface area contributed by atoms with E-state index < -0.39 is 0 Å². The third-order valence-electron chi connectivity index (χ3n) is 4.61. The van der Waals surface area contributed by atoms with Crippen LogP contribution in [0.2, 0.25) is 5.02 Å². The van der Waals surface area contributed by atoms with Gasteiger partial charge in [-0.05, 0) is 36.2 Å². The van der Waals surface area contributed by atoms with Gasteiger partial charge in [-0.2, -0.15) is 0 Å². The number of para-hydroxylation sites is 1. The second-order valence-corrected chi connectivity index (χ2v) is 6.59. The highest BCUT2D eigenvalue weighted by Crippen LogP contribution is 2.38. The summed E-state index contributed by atoms with van der Waals surface area (Å²) in [6, 6.07) is 19.3. The maximum atomic E-state index is 13.1. The Labute approximate surface area is 157 Å². The first kappa shape index (κ1) is 16.6. The third-order valence-corrected chi connectivity index (χ3v) is 4.84. The summed E-state index contributed by atoms with van der Waals surface area (Å²) in [7, 11) is 0. The molecule has 1 atom stereocenters. The number of amides is 1. The zero-order valence-corrected chi connectivity index (χ0v) is 15.1. The molecule has 1 unspecified atom stereocenters. The largest absolute Gasteiger partial charge is 0.361 e. The molecule has 1 aliphatic rings. The van der Waals surface area contributed by atoms with E-state index in [1.165, 1.54) is 5.56 Å². The van der Waals surface area contributed by atoms with Crippen LogP contribution in [-0.4, -0.2) is 10.9 Å². The Morgan fingerprint density at radius 2 is 1.85 bits per heavy atom. The number of aryl methyl sites for hydroxylation is 1. The van der Waals surface area contributed by atoms with Crippen LogP contribution in [0.1, 0.15) is 34.6 Å². The minimum atomic E-state index is -0.319. The van der Waals surface area contributed by atoms with Gasteiger partial charge in [0.25, 0.3) is 5.91 Å². The fourth-order valence-corrected chi connectivity index (χ4v) is 3.43. The lowest BCUT2D eigenvalue weighted by Crippen LogP contribution is -2.33. The molecule has 5 heteroatoms. The molecule has 0 aliphatic carbocycles. The van der Waals surface area contributed by atoms with E-state index in [0.29, 0.717) is 16.4 Å². The van der Waals surface area contributed by atoms with Gasteiger partial charge in [0.05, 0.1) is 5.02 Å². The monoisotopic (exact) mass is 363 g/mol. The number of anilines is 2. The van der Waals surface area contributed by atoms with Gasteiger partial charge in [-0.25, -0.2) is 4.98 Å². The molecule has 26 heavy (non-hydrogen) atoms. The van der Waals surface area contributed by atoms with Crippen LogP contribution < -0.4 is 10.2 Å². The molecule has 0 spiro atoms. The number of halogens is 1. The van der Waals surface area contributed by atoms with E-state index in [9.17, 15) is 4.79 Å². The van der Waals surface area contributed by atoms with E-state index in [1.54, 1.807) is 23.2 Å². The van der Waals surface area contributed by atoms with Gasteiger partial charge in [0, 0.05) is 23.0 Å². The number of hydrogen-bond donors (Lipinski definition) is 1. The number of hydrogen-bond acceptors (Lipinski definition) is 3. The predicted molar refractivity (Wildman–Crippen MR) is 105 cm³/mol. The Morgan fingerprint density at radius 1 is 1.08 bits per heavy atom. The van der Waals surface area contributed by atoms with Gasteiger partial charge in [-0.3, -0.25) is 9.69 Å². The summed E-state index contributed by atoms with van der Waals surface area (Å²) in [6.45, 7) is 2.12. The number of fused-ring (bicyclic) bond motifs is 1. The van der Waals surface area contributed by atoms with Crippen molar-refractivity contribution in [2.45, 2.75) is 19.5 Å². The first-order valence-electron chi connectivity index (χ1n) is 8.57. The molecule has 0 fully saturated rings. The Bertz CT molecular complexity index is 955. The molecule has 4 rings (SSSR count). The molecular weight excluding hydrogens is 346 g/mol.